The van der Waals surface area contributed by atoms with Crippen LogP contribution in [0, 0.1) is 0 Å². The SMILES string of the molecule is CCOC(=O)c1ccc(CNC(=O)N2CCC[C@@H](N(C)C)C2)cc1. The van der Waals surface area contributed by atoms with Gasteiger partial charge in [-0.2, -0.15) is 0 Å². The van der Waals surface area contributed by atoms with Crippen LogP contribution in [0.4, 0.5) is 4.79 Å². The molecule has 0 bridgehead atoms. The molecule has 0 aromatic heterocycles. The molecule has 0 unspecified atom stereocenters. The third kappa shape index (κ3) is 4.96. The van der Waals surface area contributed by atoms with Gasteiger partial charge in [0.2, 0.25) is 0 Å². The number of likely N-dealkylation sites (N-methyl/N-ethyl adjacent to an activating group) is 1. The van der Waals surface area contributed by atoms with Crippen molar-refractivity contribution in [3.8, 4) is 0 Å². The van der Waals surface area contributed by atoms with E-state index in [-0.39, 0.29) is 12.0 Å². The number of carbonyl (C=O) groups excluding carboxylic acids is 2. The molecule has 1 fully saturated rings. The number of urea groups is 1. The molecular weight excluding hydrogens is 306 g/mol. The van der Waals surface area contributed by atoms with Crippen LogP contribution in [0.15, 0.2) is 24.3 Å². The molecule has 1 atom stereocenters. The monoisotopic (exact) mass is 333 g/mol. The Labute approximate surface area is 143 Å². The molecule has 1 aliphatic rings. The first-order chi connectivity index (χ1) is 11.5. The molecular formula is C18H27N3O3. The number of nitrogens with zero attached hydrogens (tertiary/aromatic N) is 2. The number of likely N-dealkylation sites (tertiary alicyclic amines) is 1. The van der Waals surface area contributed by atoms with Crippen molar-refractivity contribution in [1.82, 2.24) is 15.1 Å². The molecule has 132 valence electrons. The van der Waals surface area contributed by atoms with Crippen LogP contribution in [0.25, 0.3) is 0 Å². The van der Waals surface area contributed by atoms with Crippen molar-refractivity contribution >= 4 is 12.0 Å². The van der Waals surface area contributed by atoms with E-state index >= 15 is 0 Å². The molecule has 1 aromatic carbocycles. The summed E-state index contributed by atoms with van der Waals surface area (Å²) in [5.41, 5.74) is 1.48. The van der Waals surface area contributed by atoms with Crippen molar-refractivity contribution in [1.29, 1.82) is 0 Å². The highest BCUT2D eigenvalue weighted by Crippen LogP contribution is 2.14. The maximum atomic E-state index is 12.3. The zero-order chi connectivity index (χ0) is 17.5. The van der Waals surface area contributed by atoms with E-state index in [2.05, 4.69) is 24.3 Å². The molecule has 1 heterocycles. The number of nitrogens with one attached hydrogen (secondary N) is 1. The van der Waals surface area contributed by atoms with Crippen LogP contribution in [-0.4, -0.2) is 61.6 Å². The fraction of sp³-hybridized carbons (Fsp3) is 0.556. The van der Waals surface area contributed by atoms with Crippen LogP contribution in [0.5, 0.6) is 0 Å². The number of esters is 1. The molecule has 6 nitrogen and oxygen atoms in total. The van der Waals surface area contributed by atoms with E-state index in [1.54, 1.807) is 19.1 Å². The van der Waals surface area contributed by atoms with Crippen molar-refractivity contribution in [3.05, 3.63) is 35.4 Å². The molecule has 6 heteroatoms. The van der Waals surface area contributed by atoms with Crippen molar-refractivity contribution in [2.45, 2.75) is 32.4 Å². The molecule has 1 aliphatic heterocycles. The number of ether oxygens (including phenoxy) is 1. The predicted molar refractivity (Wildman–Crippen MR) is 92.9 cm³/mol. The van der Waals surface area contributed by atoms with E-state index in [1.165, 1.54) is 0 Å². The van der Waals surface area contributed by atoms with Crippen LogP contribution >= 0.6 is 0 Å². The van der Waals surface area contributed by atoms with Crippen LogP contribution in [0.3, 0.4) is 0 Å². The number of piperidine rings is 1. The third-order valence-electron chi connectivity index (χ3n) is 4.32. The van der Waals surface area contributed by atoms with Gasteiger partial charge in [-0.05, 0) is 51.6 Å². The van der Waals surface area contributed by atoms with E-state index < -0.39 is 0 Å². The molecule has 0 saturated carbocycles. The molecule has 1 N–H and O–H groups in total. The van der Waals surface area contributed by atoms with Crippen LogP contribution in [0.1, 0.15) is 35.7 Å². The lowest BCUT2D eigenvalue weighted by Gasteiger charge is -2.36. The standard InChI is InChI=1S/C18H27N3O3/c1-4-24-17(22)15-9-7-14(8-10-15)12-19-18(23)21-11-5-6-16(13-21)20(2)3/h7-10,16H,4-6,11-13H2,1-3H3,(H,19,23)/t16-/m1/s1. The highest BCUT2D eigenvalue weighted by molar-refractivity contribution is 5.89. The van der Waals surface area contributed by atoms with E-state index in [9.17, 15) is 9.59 Å². The zero-order valence-corrected chi connectivity index (χ0v) is 14.7. The molecule has 0 radical (unpaired) electrons. The minimum atomic E-state index is -0.323. The van der Waals surface area contributed by atoms with Gasteiger partial charge in [-0.25, -0.2) is 9.59 Å². The maximum absolute atomic E-state index is 12.3. The lowest BCUT2D eigenvalue weighted by molar-refractivity contribution is 0.0526. The number of benzene rings is 1. The lowest BCUT2D eigenvalue weighted by Crippen LogP contribution is -2.50. The zero-order valence-electron chi connectivity index (χ0n) is 14.7. The van der Waals surface area contributed by atoms with Crippen molar-refractivity contribution in [2.75, 3.05) is 33.8 Å². The van der Waals surface area contributed by atoms with Gasteiger partial charge >= 0.3 is 12.0 Å². The van der Waals surface area contributed by atoms with Gasteiger partial charge in [0, 0.05) is 25.7 Å². The van der Waals surface area contributed by atoms with Crippen molar-refractivity contribution < 1.29 is 14.3 Å². The topological polar surface area (TPSA) is 61.9 Å². The summed E-state index contributed by atoms with van der Waals surface area (Å²) in [4.78, 5) is 28.0. The summed E-state index contributed by atoms with van der Waals surface area (Å²) in [6, 6.07) is 7.52. The molecule has 24 heavy (non-hydrogen) atoms. The van der Waals surface area contributed by atoms with Crippen molar-refractivity contribution in [3.63, 3.8) is 0 Å². The van der Waals surface area contributed by atoms with E-state index in [1.807, 2.05) is 17.0 Å². The van der Waals surface area contributed by atoms with Gasteiger partial charge in [0.25, 0.3) is 0 Å². The Morgan fingerprint density at radius 2 is 2.00 bits per heavy atom. The Hall–Kier alpha value is -2.08. The fourth-order valence-corrected chi connectivity index (χ4v) is 2.82. The van der Waals surface area contributed by atoms with Crippen molar-refractivity contribution in [2.24, 2.45) is 0 Å². The summed E-state index contributed by atoms with van der Waals surface area (Å²) in [7, 11) is 4.11. The van der Waals surface area contributed by atoms with Crippen LogP contribution in [0.2, 0.25) is 0 Å². The predicted octanol–water partition coefficient (Wildman–Crippen LogP) is 2.10. The summed E-state index contributed by atoms with van der Waals surface area (Å²) in [5, 5.41) is 2.95. The minimum absolute atomic E-state index is 0.0315. The highest BCUT2D eigenvalue weighted by Gasteiger charge is 2.24. The molecule has 1 saturated heterocycles. The van der Waals surface area contributed by atoms with Gasteiger partial charge in [0.1, 0.15) is 0 Å². The Morgan fingerprint density at radius 3 is 2.62 bits per heavy atom. The normalized spacial score (nSPS) is 17.7. The molecule has 0 aliphatic carbocycles. The Balaban J connectivity index is 1.84. The highest BCUT2D eigenvalue weighted by atomic mass is 16.5. The van der Waals surface area contributed by atoms with E-state index in [4.69, 9.17) is 4.74 Å². The Bertz CT molecular complexity index is 557. The van der Waals surface area contributed by atoms with Gasteiger partial charge in [-0.3, -0.25) is 0 Å². The number of hydrogen-bond acceptors (Lipinski definition) is 4. The van der Waals surface area contributed by atoms with Gasteiger partial charge in [0.15, 0.2) is 0 Å². The minimum Gasteiger partial charge on any atom is -0.462 e. The average Bonchev–Trinajstić information content (AvgIpc) is 2.60. The lowest BCUT2D eigenvalue weighted by atomic mass is 10.1. The second kappa shape index (κ2) is 8.68. The largest absolute Gasteiger partial charge is 0.462 e. The number of hydrogen-bond donors (Lipinski definition) is 1. The van der Waals surface area contributed by atoms with E-state index in [0.29, 0.717) is 24.8 Å². The van der Waals surface area contributed by atoms with Gasteiger partial charge < -0.3 is 19.9 Å². The maximum Gasteiger partial charge on any atom is 0.338 e. The summed E-state index contributed by atoms with van der Waals surface area (Å²) in [5.74, 6) is -0.323. The quantitative estimate of drug-likeness (QED) is 0.838. The molecule has 2 amide bonds. The van der Waals surface area contributed by atoms with Crippen LogP contribution < -0.4 is 5.32 Å². The first-order valence-electron chi connectivity index (χ1n) is 8.46. The summed E-state index contributed by atoms with van der Waals surface area (Å²) < 4.78 is 4.96. The third-order valence-corrected chi connectivity index (χ3v) is 4.32. The number of rotatable bonds is 5. The fourth-order valence-electron chi connectivity index (χ4n) is 2.82. The summed E-state index contributed by atoms with van der Waals surface area (Å²) >= 11 is 0. The second-order valence-electron chi connectivity index (χ2n) is 6.28. The number of amides is 2. The summed E-state index contributed by atoms with van der Waals surface area (Å²) in [6.45, 7) is 4.16. The molecule has 0 spiro atoms. The molecule has 1 aromatic rings. The van der Waals surface area contributed by atoms with Gasteiger partial charge in [0.05, 0.1) is 12.2 Å². The van der Waals surface area contributed by atoms with Gasteiger partial charge in [-0.1, -0.05) is 12.1 Å². The average molecular weight is 333 g/mol. The first kappa shape index (κ1) is 18.3. The Kier molecular flexibility index (Phi) is 6.61. The second-order valence-corrected chi connectivity index (χ2v) is 6.28. The van der Waals surface area contributed by atoms with E-state index in [0.717, 1.165) is 31.5 Å². The smallest absolute Gasteiger partial charge is 0.338 e. The van der Waals surface area contributed by atoms with Crippen LogP contribution in [-0.2, 0) is 11.3 Å². The number of carbonyl (C=O) groups is 2. The summed E-state index contributed by atoms with van der Waals surface area (Å²) in [6.07, 6.45) is 2.16. The Morgan fingerprint density at radius 1 is 1.29 bits per heavy atom. The first-order valence-corrected chi connectivity index (χ1v) is 8.46. The van der Waals surface area contributed by atoms with Gasteiger partial charge in [-0.15, -0.1) is 0 Å². The molecule has 2 rings (SSSR count).